The molecule has 24 heavy (non-hydrogen) atoms. The van der Waals surface area contributed by atoms with Gasteiger partial charge in [-0.2, -0.15) is 5.10 Å². The first kappa shape index (κ1) is 14.4. The summed E-state index contributed by atoms with van der Waals surface area (Å²) in [7, 11) is 1.90. The molecule has 0 bridgehead atoms. The SMILES string of the molecule is Cc1cncn1Cc1ccc(-c2cccc3c2cnn3C)c(=O)[nH]1. The number of nitrogens with zero attached hydrogens (tertiary/aromatic N) is 4. The van der Waals surface area contributed by atoms with Gasteiger partial charge in [-0.1, -0.05) is 12.1 Å². The van der Waals surface area contributed by atoms with E-state index in [1.54, 1.807) is 18.7 Å². The average molecular weight is 319 g/mol. The maximum atomic E-state index is 12.6. The first-order valence-electron chi connectivity index (χ1n) is 7.73. The lowest BCUT2D eigenvalue weighted by Crippen LogP contribution is -2.13. The minimum absolute atomic E-state index is 0.0957. The number of aromatic amines is 1. The first-order valence-corrected chi connectivity index (χ1v) is 7.73. The van der Waals surface area contributed by atoms with E-state index in [9.17, 15) is 4.79 Å². The maximum Gasteiger partial charge on any atom is 0.256 e. The van der Waals surface area contributed by atoms with E-state index in [4.69, 9.17) is 0 Å². The number of nitrogens with one attached hydrogen (secondary N) is 1. The Labute approximate surface area is 138 Å². The van der Waals surface area contributed by atoms with E-state index >= 15 is 0 Å². The third-order valence-electron chi connectivity index (χ3n) is 4.31. The molecule has 0 aliphatic rings. The van der Waals surface area contributed by atoms with Crippen molar-refractivity contribution in [1.29, 1.82) is 0 Å². The zero-order chi connectivity index (χ0) is 16.7. The zero-order valence-corrected chi connectivity index (χ0v) is 13.5. The molecule has 0 spiro atoms. The number of imidazole rings is 1. The van der Waals surface area contributed by atoms with E-state index in [1.807, 2.05) is 53.6 Å². The Morgan fingerprint density at radius 1 is 1.12 bits per heavy atom. The highest BCUT2D eigenvalue weighted by atomic mass is 16.1. The van der Waals surface area contributed by atoms with Gasteiger partial charge in [-0.05, 0) is 30.7 Å². The van der Waals surface area contributed by atoms with Gasteiger partial charge in [0.2, 0.25) is 0 Å². The van der Waals surface area contributed by atoms with Crippen molar-refractivity contribution in [1.82, 2.24) is 24.3 Å². The van der Waals surface area contributed by atoms with Crippen LogP contribution in [0.5, 0.6) is 0 Å². The Morgan fingerprint density at radius 3 is 2.75 bits per heavy atom. The number of hydrogen-bond donors (Lipinski definition) is 1. The van der Waals surface area contributed by atoms with Gasteiger partial charge in [0.15, 0.2) is 0 Å². The molecule has 6 heteroatoms. The minimum Gasteiger partial charge on any atom is -0.329 e. The molecule has 0 saturated heterocycles. The normalized spacial score (nSPS) is 11.2. The molecule has 0 saturated carbocycles. The highest BCUT2D eigenvalue weighted by molar-refractivity contribution is 5.94. The van der Waals surface area contributed by atoms with Crippen LogP contribution in [0.25, 0.3) is 22.0 Å². The Morgan fingerprint density at radius 2 is 2.00 bits per heavy atom. The van der Waals surface area contributed by atoms with Crippen LogP contribution in [0.2, 0.25) is 0 Å². The number of aromatic nitrogens is 5. The van der Waals surface area contributed by atoms with Gasteiger partial charge in [0.05, 0.1) is 24.6 Å². The monoisotopic (exact) mass is 319 g/mol. The maximum absolute atomic E-state index is 12.6. The van der Waals surface area contributed by atoms with E-state index in [0.29, 0.717) is 12.1 Å². The molecule has 3 heterocycles. The smallest absolute Gasteiger partial charge is 0.256 e. The molecule has 6 nitrogen and oxygen atoms in total. The molecule has 0 radical (unpaired) electrons. The molecule has 4 aromatic rings. The lowest BCUT2D eigenvalue weighted by atomic mass is 10.0. The van der Waals surface area contributed by atoms with Crippen molar-refractivity contribution in [2.75, 3.05) is 0 Å². The quantitative estimate of drug-likeness (QED) is 0.631. The number of aryl methyl sites for hydroxylation is 2. The van der Waals surface area contributed by atoms with Gasteiger partial charge in [0, 0.05) is 35.6 Å². The molecule has 4 rings (SSSR count). The highest BCUT2D eigenvalue weighted by Crippen LogP contribution is 2.25. The predicted molar refractivity (Wildman–Crippen MR) is 92.8 cm³/mol. The van der Waals surface area contributed by atoms with Crippen molar-refractivity contribution in [2.24, 2.45) is 7.05 Å². The summed E-state index contributed by atoms with van der Waals surface area (Å²) < 4.78 is 3.80. The molecule has 0 amide bonds. The molecular weight excluding hydrogens is 302 g/mol. The summed E-state index contributed by atoms with van der Waals surface area (Å²) in [5, 5.41) is 5.26. The van der Waals surface area contributed by atoms with Crippen molar-refractivity contribution in [3.05, 3.63) is 70.8 Å². The second-order valence-corrected chi connectivity index (χ2v) is 5.90. The summed E-state index contributed by atoms with van der Waals surface area (Å²) in [6, 6.07) is 9.72. The van der Waals surface area contributed by atoms with Crippen molar-refractivity contribution < 1.29 is 0 Å². The lowest BCUT2D eigenvalue weighted by Gasteiger charge is -2.07. The van der Waals surface area contributed by atoms with Crippen LogP contribution < -0.4 is 5.56 Å². The van der Waals surface area contributed by atoms with Crippen LogP contribution in [-0.4, -0.2) is 24.3 Å². The summed E-state index contributed by atoms with van der Waals surface area (Å²) >= 11 is 0. The summed E-state index contributed by atoms with van der Waals surface area (Å²) in [6.07, 6.45) is 5.36. The van der Waals surface area contributed by atoms with Crippen molar-refractivity contribution in [2.45, 2.75) is 13.5 Å². The van der Waals surface area contributed by atoms with Gasteiger partial charge in [-0.15, -0.1) is 0 Å². The molecule has 0 atom stereocenters. The van der Waals surface area contributed by atoms with E-state index in [2.05, 4.69) is 15.1 Å². The number of benzene rings is 1. The predicted octanol–water partition coefficient (Wildman–Crippen LogP) is 2.48. The molecule has 1 N–H and O–H groups in total. The number of fused-ring (bicyclic) bond motifs is 1. The van der Waals surface area contributed by atoms with Gasteiger partial charge in [0.25, 0.3) is 5.56 Å². The fraction of sp³-hybridized carbons (Fsp3) is 0.167. The highest BCUT2D eigenvalue weighted by Gasteiger charge is 2.11. The van der Waals surface area contributed by atoms with Crippen LogP contribution in [-0.2, 0) is 13.6 Å². The molecule has 0 aliphatic carbocycles. The third-order valence-corrected chi connectivity index (χ3v) is 4.31. The average Bonchev–Trinajstić information content (AvgIpc) is 3.14. The van der Waals surface area contributed by atoms with Gasteiger partial charge in [0.1, 0.15) is 0 Å². The molecule has 3 aromatic heterocycles. The van der Waals surface area contributed by atoms with Crippen LogP contribution in [0.15, 0.2) is 53.8 Å². The van der Waals surface area contributed by atoms with E-state index in [0.717, 1.165) is 27.9 Å². The van der Waals surface area contributed by atoms with Crippen LogP contribution in [0.1, 0.15) is 11.4 Å². The van der Waals surface area contributed by atoms with Crippen molar-refractivity contribution in [3.8, 4) is 11.1 Å². The fourth-order valence-corrected chi connectivity index (χ4v) is 2.97. The van der Waals surface area contributed by atoms with E-state index in [-0.39, 0.29) is 5.56 Å². The summed E-state index contributed by atoms with van der Waals surface area (Å²) in [4.78, 5) is 19.7. The van der Waals surface area contributed by atoms with Gasteiger partial charge >= 0.3 is 0 Å². The zero-order valence-electron chi connectivity index (χ0n) is 13.5. The molecule has 120 valence electrons. The second-order valence-electron chi connectivity index (χ2n) is 5.90. The van der Waals surface area contributed by atoms with Crippen LogP contribution in [0.3, 0.4) is 0 Å². The molecular formula is C18H17N5O. The minimum atomic E-state index is -0.0957. The molecule has 0 aliphatic heterocycles. The van der Waals surface area contributed by atoms with Crippen molar-refractivity contribution >= 4 is 10.9 Å². The topological polar surface area (TPSA) is 68.5 Å². The number of rotatable bonds is 3. The Kier molecular flexibility index (Phi) is 3.30. The second kappa shape index (κ2) is 5.49. The van der Waals surface area contributed by atoms with Crippen LogP contribution in [0, 0.1) is 6.92 Å². The van der Waals surface area contributed by atoms with Gasteiger partial charge in [-0.25, -0.2) is 4.98 Å². The largest absolute Gasteiger partial charge is 0.329 e. The van der Waals surface area contributed by atoms with Gasteiger partial charge in [-0.3, -0.25) is 9.48 Å². The van der Waals surface area contributed by atoms with Crippen LogP contribution >= 0.6 is 0 Å². The number of hydrogen-bond acceptors (Lipinski definition) is 3. The van der Waals surface area contributed by atoms with Gasteiger partial charge < -0.3 is 9.55 Å². The van der Waals surface area contributed by atoms with E-state index in [1.165, 1.54) is 0 Å². The molecule has 0 fully saturated rings. The Balaban J connectivity index is 1.77. The first-order chi connectivity index (χ1) is 11.6. The Bertz CT molecular complexity index is 1090. The summed E-state index contributed by atoms with van der Waals surface area (Å²) in [5.41, 5.74) is 4.36. The van der Waals surface area contributed by atoms with Crippen molar-refractivity contribution in [3.63, 3.8) is 0 Å². The third kappa shape index (κ3) is 2.32. The number of H-pyrrole nitrogens is 1. The Hall–Kier alpha value is -3.15. The van der Waals surface area contributed by atoms with Crippen LogP contribution in [0.4, 0.5) is 0 Å². The summed E-state index contributed by atoms with van der Waals surface area (Å²) in [6.45, 7) is 2.58. The standard InChI is InChI=1S/C18H17N5O/c1-12-8-19-11-23(12)10-13-6-7-15(18(24)21-13)14-4-3-5-17-16(14)9-20-22(17)2/h3-9,11H,10H2,1-2H3,(H,21,24). The fourth-order valence-electron chi connectivity index (χ4n) is 2.97. The molecule has 1 aromatic carbocycles. The molecule has 0 unspecified atom stereocenters. The summed E-state index contributed by atoms with van der Waals surface area (Å²) in [5.74, 6) is 0. The lowest BCUT2D eigenvalue weighted by molar-refractivity contribution is 0.746. The van der Waals surface area contributed by atoms with E-state index < -0.39 is 0 Å². The number of pyridine rings is 1.